The van der Waals surface area contributed by atoms with Gasteiger partial charge in [-0.05, 0) is 37.8 Å². The van der Waals surface area contributed by atoms with E-state index in [4.69, 9.17) is 14.6 Å². The second kappa shape index (κ2) is 5.87. The zero-order chi connectivity index (χ0) is 13.0. The Bertz CT molecular complexity index is 422. The summed E-state index contributed by atoms with van der Waals surface area (Å²) in [6.45, 7) is 3.98. The van der Waals surface area contributed by atoms with E-state index in [0.717, 1.165) is 31.6 Å². The molecule has 1 aliphatic rings. The standard InChI is InChI=1S/C14H18O4/c1-10-2-3-13(12(8-10)14(15)16)18-9-11-4-6-17-7-5-11/h2-3,8,11H,4-7,9H2,1H3,(H,15,16). The van der Waals surface area contributed by atoms with Crippen molar-refractivity contribution in [1.29, 1.82) is 0 Å². The fourth-order valence-electron chi connectivity index (χ4n) is 2.06. The van der Waals surface area contributed by atoms with Crippen LogP contribution in [0.3, 0.4) is 0 Å². The predicted octanol–water partition coefficient (Wildman–Crippen LogP) is 2.50. The van der Waals surface area contributed by atoms with E-state index in [1.807, 2.05) is 13.0 Å². The first-order valence-electron chi connectivity index (χ1n) is 6.21. The Labute approximate surface area is 107 Å². The van der Waals surface area contributed by atoms with Crippen molar-refractivity contribution in [2.75, 3.05) is 19.8 Å². The second-order valence-electron chi connectivity index (χ2n) is 4.67. The number of hydrogen-bond acceptors (Lipinski definition) is 3. The zero-order valence-corrected chi connectivity index (χ0v) is 10.5. The van der Waals surface area contributed by atoms with Crippen LogP contribution in [0.15, 0.2) is 18.2 Å². The van der Waals surface area contributed by atoms with Crippen LogP contribution in [0.2, 0.25) is 0 Å². The second-order valence-corrected chi connectivity index (χ2v) is 4.67. The van der Waals surface area contributed by atoms with Crippen LogP contribution in [0.25, 0.3) is 0 Å². The van der Waals surface area contributed by atoms with Gasteiger partial charge in [-0.2, -0.15) is 0 Å². The highest BCUT2D eigenvalue weighted by molar-refractivity contribution is 5.91. The first-order chi connectivity index (χ1) is 8.66. The molecule has 0 amide bonds. The molecular formula is C14H18O4. The Morgan fingerprint density at radius 2 is 2.17 bits per heavy atom. The first-order valence-corrected chi connectivity index (χ1v) is 6.21. The highest BCUT2D eigenvalue weighted by atomic mass is 16.5. The van der Waals surface area contributed by atoms with Crippen molar-refractivity contribution in [3.8, 4) is 5.75 Å². The smallest absolute Gasteiger partial charge is 0.339 e. The molecule has 2 rings (SSSR count). The van der Waals surface area contributed by atoms with Crippen molar-refractivity contribution < 1.29 is 19.4 Å². The molecule has 1 saturated heterocycles. The first kappa shape index (κ1) is 12.9. The van der Waals surface area contributed by atoms with Gasteiger partial charge in [-0.15, -0.1) is 0 Å². The maximum Gasteiger partial charge on any atom is 0.339 e. The SMILES string of the molecule is Cc1ccc(OCC2CCOCC2)c(C(=O)O)c1. The van der Waals surface area contributed by atoms with E-state index in [0.29, 0.717) is 18.3 Å². The van der Waals surface area contributed by atoms with E-state index in [1.54, 1.807) is 12.1 Å². The molecule has 1 N–H and O–H groups in total. The lowest BCUT2D eigenvalue weighted by Crippen LogP contribution is -2.22. The molecule has 98 valence electrons. The summed E-state index contributed by atoms with van der Waals surface area (Å²) in [7, 11) is 0. The minimum absolute atomic E-state index is 0.238. The van der Waals surface area contributed by atoms with Gasteiger partial charge >= 0.3 is 5.97 Å². The summed E-state index contributed by atoms with van der Waals surface area (Å²) in [5, 5.41) is 9.13. The Morgan fingerprint density at radius 3 is 2.83 bits per heavy atom. The van der Waals surface area contributed by atoms with Crippen LogP contribution in [-0.4, -0.2) is 30.9 Å². The zero-order valence-electron chi connectivity index (χ0n) is 10.5. The van der Waals surface area contributed by atoms with E-state index in [1.165, 1.54) is 0 Å². The molecule has 0 unspecified atom stereocenters. The van der Waals surface area contributed by atoms with E-state index in [-0.39, 0.29) is 5.56 Å². The van der Waals surface area contributed by atoms with E-state index < -0.39 is 5.97 Å². The van der Waals surface area contributed by atoms with E-state index in [9.17, 15) is 4.79 Å². The van der Waals surface area contributed by atoms with Gasteiger partial charge in [0.1, 0.15) is 11.3 Å². The Hall–Kier alpha value is -1.55. The van der Waals surface area contributed by atoms with Gasteiger partial charge in [-0.1, -0.05) is 11.6 Å². The topological polar surface area (TPSA) is 55.8 Å². The molecule has 1 aliphatic heterocycles. The molecule has 0 spiro atoms. The molecule has 0 bridgehead atoms. The number of carboxylic acid groups (broad SMARTS) is 1. The number of rotatable bonds is 4. The van der Waals surface area contributed by atoms with Gasteiger partial charge in [-0.25, -0.2) is 4.79 Å². The van der Waals surface area contributed by atoms with Crippen LogP contribution in [0, 0.1) is 12.8 Å². The largest absolute Gasteiger partial charge is 0.492 e. The maximum absolute atomic E-state index is 11.1. The van der Waals surface area contributed by atoms with Crippen molar-refractivity contribution in [2.24, 2.45) is 5.92 Å². The lowest BCUT2D eigenvalue weighted by Gasteiger charge is -2.22. The number of hydrogen-bond donors (Lipinski definition) is 1. The molecule has 0 saturated carbocycles. The third kappa shape index (κ3) is 3.23. The van der Waals surface area contributed by atoms with Crippen molar-refractivity contribution in [2.45, 2.75) is 19.8 Å². The molecule has 0 aromatic heterocycles. The molecule has 0 atom stereocenters. The summed E-state index contributed by atoms with van der Waals surface area (Å²) in [4.78, 5) is 11.1. The monoisotopic (exact) mass is 250 g/mol. The van der Waals surface area contributed by atoms with Gasteiger partial charge in [-0.3, -0.25) is 0 Å². The lowest BCUT2D eigenvalue weighted by molar-refractivity contribution is 0.0490. The molecule has 18 heavy (non-hydrogen) atoms. The van der Waals surface area contributed by atoms with Crippen molar-refractivity contribution in [1.82, 2.24) is 0 Å². The number of carbonyl (C=O) groups is 1. The molecule has 0 radical (unpaired) electrons. The Kier molecular flexibility index (Phi) is 4.20. The number of ether oxygens (including phenoxy) is 2. The summed E-state index contributed by atoms with van der Waals surface area (Å²) in [6, 6.07) is 5.24. The summed E-state index contributed by atoms with van der Waals surface area (Å²) < 4.78 is 10.9. The van der Waals surface area contributed by atoms with Crippen molar-refractivity contribution in [3.63, 3.8) is 0 Å². The van der Waals surface area contributed by atoms with Crippen LogP contribution >= 0.6 is 0 Å². The maximum atomic E-state index is 11.1. The third-order valence-electron chi connectivity index (χ3n) is 3.18. The van der Waals surface area contributed by atoms with Gasteiger partial charge in [0.05, 0.1) is 6.61 Å². The quantitative estimate of drug-likeness (QED) is 0.892. The van der Waals surface area contributed by atoms with Gasteiger partial charge < -0.3 is 14.6 Å². The van der Waals surface area contributed by atoms with Crippen molar-refractivity contribution in [3.05, 3.63) is 29.3 Å². The third-order valence-corrected chi connectivity index (χ3v) is 3.18. The summed E-state index contributed by atoms with van der Waals surface area (Å²) in [5.41, 5.74) is 1.16. The summed E-state index contributed by atoms with van der Waals surface area (Å²) in [6.07, 6.45) is 1.96. The average Bonchev–Trinajstić information content (AvgIpc) is 2.38. The minimum atomic E-state index is -0.944. The molecule has 0 aliphatic carbocycles. The Balaban J connectivity index is 2.01. The molecule has 1 aromatic rings. The molecule has 1 fully saturated rings. The molecule has 4 nitrogen and oxygen atoms in total. The molecule has 1 aromatic carbocycles. The number of carboxylic acids is 1. The fourth-order valence-corrected chi connectivity index (χ4v) is 2.06. The number of aryl methyl sites for hydroxylation is 1. The van der Waals surface area contributed by atoms with Crippen LogP contribution in [0.5, 0.6) is 5.75 Å². The predicted molar refractivity (Wildman–Crippen MR) is 67.2 cm³/mol. The van der Waals surface area contributed by atoms with Crippen LogP contribution in [0.1, 0.15) is 28.8 Å². The molecule has 1 heterocycles. The minimum Gasteiger partial charge on any atom is -0.492 e. The van der Waals surface area contributed by atoms with E-state index >= 15 is 0 Å². The van der Waals surface area contributed by atoms with Gasteiger partial charge in [0.2, 0.25) is 0 Å². The highest BCUT2D eigenvalue weighted by Gasteiger charge is 2.17. The molecule has 4 heteroatoms. The van der Waals surface area contributed by atoms with Gasteiger partial charge in [0.15, 0.2) is 0 Å². The summed E-state index contributed by atoms with van der Waals surface area (Å²) in [5.74, 6) is -0.0260. The normalized spacial score (nSPS) is 16.5. The van der Waals surface area contributed by atoms with E-state index in [2.05, 4.69) is 0 Å². The fraction of sp³-hybridized carbons (Fsp3) is 0.500. The number of aromatic carboxylic acids is 1. The lowest BCUT2D eigenvalue weighted by atomic mass is 10.0. The van der Waals surface area contributed by atoms with Crippen LogP contribution < -0.4 is 4.74 Å². The van der Waals surface area contributed by atoms with Crippen molar-refractivity contribution >= 4 is 5.97 Å². The Morgan fingerprint density at radius 1 is 1.44 bits per heavy atom. The summed E-state index contributed by atoms with van der Waals surface area (Å²) >= 11 is 0. The van der Waals surface area contributed by atoms with Gasteiger partial charge in [0.25, 0.3) is 0 Å². The van der Waals surface area contributed by atoms with Crippen LogP contribution in [0.4, 0.5) is 0 Å². The van der Waals surface area contributed by atoms with Crippen LogP contribution in [-0.2, 0) is 4.74 Å². The molecular weight excluding hydrogens is 232 g/mol. The average molecular weight is 250 g/mol. The highest BCUT2D eigenvalue weighted by Crippen LogP contribution is 2.22. The number of benzene rings is 1. The van der Waals surface area contributed by atoms with Gasteiger partial charge in [0, 0.05) is 13.2 Å².